The van der Waals surface area contributed by atoms with Crippen molar-refractivity contribution in [3.05, 3.63) is 11.9 Å². The lowest BCUT2D eigenvalue weighted by atomic mass is 9.96. The van der Waals surface area contributed by atoms with Gasteiger partial charge in [-0.1, -0.05) is 18.1 Å². The number of carbonyl (C=O) groups is 1. The van der Waals surface area contributed by atoms with Crippen molar-refractivity contribution in [2.75, 3.05) is 19.6 Å². The molecule has 2 saturated heterocycles. The van der Waals surface area contributed by atoms with Gasteiger partial charge in [0, 0.05) is 25.7 Å². The molecule has 1 aromatic rings. The maximum Gasteiger partial charge on any atom is 0.276 e. The largest absolute Gasteiger partial charge is 0.334 e. The van der Waals surface area contributed by atoms with Crippen LogP contribution in [0.3, 0.4) is 0 Å². The molecule has 3 fully saturated rings. The molecule has 3 heterocycles. The zero-order valence-corrected chi connectivity index (χ0v) is 12.4. The van der Waals surface area contributed by atoms with Crippen molar-refractivity contribution in [1.29, 1.82) is 0 Å². The maximum absolute atomic E-state index is 12.8. The summed E-state index contributed by atoms with van der Waals surface area (Å²) >= 11 is 0. The van der Waals surface area contributed by atoms with E-state index < -0.39 is 0 Å². The second-order valence-corrected chi connectivity index (χ2v) is 6.65. The quantitative estimate of drug-likeness (QED) is 0.908. The first-order valence-corrected chi connectivity index (χ1v) is 8.26. The minimum Gasteiger partial charge on any atom is -0.334 e. The van der Waals surface area contributed by atoms with E-state index >= 15 is 0 Å². The average molecular weight is 289 g/mol. The average Bonchev–Trinajstić information content (AvgIpc) is 3.16. The standard InChI is InChI=1S/C15H23N5O/c21-15(13-10-20(18-17-13)12-8-16-9-12)19-7-3-6-14(19)11-4-1-2-5-11/h10-12,14,16H,1-9H2. The highest BCUT2D eigenvalue weighted by atomic mass is 16.2. The fourth-order valence-corrected chi connectivity index (χ4v) is 4.04. The third-order valence-electron chi connectivity index (χ3n) is 5.37. The molecule has 0 bridgehead atoms. The smallest absolute Gasteiger partial charge is 0.276 e. The summed E-state index contributed by atoms with van der Waals surface area (Å²) in [6.45, 7) is 2.73. The van der Waals surface area contributed by atoms with Crippen LogP contribution >= 0.6 is 0 Å². The number of nitrogens with zero attached hydrogens (tertiary/aromatic N) is 4. The van der Waals surface area contributed by atoms with Gasteiger partial charge in [0.15, 0.2) is 5.69 Å². The van der Waals surface area contributed by atoms with Gasteiger partial charge in [-0.15, -0.1) is 5.10 Å². The predicted molar refractivity (Wildman–Crippen MR) is 77.9 cm³/mol. The molecule has 1 amide bonds. The summed E-state index contributed by atoms with van der Waals surface area (Å²) in [5.41, 5.74) is 0.520. The lowest BCUT2D eigenvalue weighted by Gasteiger charge is -2.29. The highest BCUT2D eigenvalue weighted by Crippen LogP contribution is 2.35. The molecular formula is C15H23N5O. The van der Waals surface area contributed by atoms with Crippen molar-refractivity contribution < 1.29 is 4.79 Å². The van der Waals surface area contributed by atoms with Gasteiger partial charge in [0.2, 0.25) is 0 Å². The summed E-state index contributed by atoms with van der Waals surface area (Å²) in [5, 5.41) is 11.5. The monoisotopic (exact) mass is 289 g/mol. The molecule has 1 saturated carbocycles. The number of nitrogens with one attached hydrogen (secondary N) is 1. The van der Waals surface area contributed by atoms with Gasteiger partial charge in [-0.2, -0.15) is 0 Å². The summed E-state index contributed by atoms with van der Waals surface area (Å²) in [4.78, 5) is 14.8. The first-order valence-electron chi connectivity index (χ1n) is 8.26. The molecule has 21 heavy (non-hydrogen) atoms. The van der Waals surface area contributed by atoms with Crippen molar-refractivity contribution in [1.82, 2.24) is 25.2 Å². The zero-order chi connectivity index (χ0) is 14.2. The molecule has 2 aliphatic heterocycles. The van der Waals surface area contributed by atoms with E-state index in [4.69, 9.17) is 0 Å². The van der Waals surface area contributed by atoms with Crippen LogP contribution in [0.2, 0.25) is 0 Å². The molecule has 0 radical (unpaired) electrons. The zero-order valence-electron chi connectivity index (χ0n) is 12.4. The van der Waals surface area contributed by atoms with Crippen LogP contribution in [0.15, 0.2) is 6.20 Å². The molecule has 1 atom stereocenters. The Balaban J connectivity index is 1.48. The molecule has 6 nitrogen and oxygen atoms in total. The second-order valence-electron chi connectivity index (χ2n) is 6.65. The van der Waals surface area contributed by atoms with E-state index in [1.807, 2.05) is 10.9 Å². The van der Waals surface area contributed by atoms with Crippen molar-refractivity contribution >= 4 is 5.91 Å². The Hall–Kier alpha value is -1.43. The van der Waals surface area contributed by atoms with E-state index in [0.29, 0.717) is 23.7 Å². The number of amides is 1. The number of hydrogen-bond acceptors (Lipinski definition) is 4. The minimum atomic E-state index is 0.0860. The van der Waals surface area contributed by atoms with Gasteiger partial charge >= 0.3 is 0 Å². The molecule has 6 heteroatoms. The Morgan fingerprint density at radius 1 is 1.19 bits per heavy atom. The van der Waals surface area contributed by atoms with Gasteiger partial charge in [0.1, 0.15) is 0 Å². The minimum absolute atomic E-state index is 0.0860. The Morgan fingerprint density at radius 3 is 2.71 bits per heavy atom. The van der Waals surface area contributed by atoms with Crippen LogP contribution in [-0.2, 0) is 0 Å². The summed E-state index contributed by atoms with van der Waals surface area (Å²) < 4.78 is 1.84. The Morgan fingerprint density at radius 2 is 2.00 bits per heavy atom. The van der Waals surface area contributed by atoms with Crippen molar-refractivity contribution in [2.45, 2.75) is 50.6 Å². The van der Waals surface area contributed by atoms with E-state index in [1.165, 1.54) is 25.7 Å². The number of carbonyl (C=O) groups excluding carboxylic acids is 1. The molecule has 0 aromatic carbocycles. The van der Waals surface area contributed by atoms with E-state index in [2.05, 4.69) is 20.5 Å². The fourth-order valence-electron chi connectivity index (χ4n) is 4.04. The van der Waals surface area contributed by atoms with Gasteiger partial charge in [0.25, 0.3) is 5.91 Å². The van der Waals surface area contributed by atoms with E-state index in [-0.39, 0.29) is 5.91 Å². The topological polar surface area (TPSA) is 63.1 Å². The van der Waals surface area contributed by atoms with Gasteiger partial charge in [-0.25, -0.2) is 4.68 Å². The SMILES string of the molecule is O=C(c1cn(C2CNC2)nn1)N1CCCC1C1CCCC1. The third kappa shape index (κ3) is 2.35. The first kappa shape index (κ1) is 13.2. The Labute approximate surface area is 124 Å². The van der Waals surface area contributed by atoms with Crippen LogP contribution in [0.4, 0.5) is 0 Å². The summed E-state index contributed by atoms with van der Waals surface area (Å²) in [5.74, 6) is 0.797. The Kier molecular flexibility index (Phi) is 3.41. The molecule has 0 spiro atoms. The van der Waals surface area contributed by atoms with E-state index in [1.54, 1.807) is 0 Å². The highest BCUT2D eigenvalue weighted by molar-refractivity contribution is 5.92. The molecule has 1 unspecified atom stereocenters. The van der Waals surface area contributed by atoms with Crippen LogP contribution in [-0.4, -0.2) is 51.5 Å². The molecule has 114 valence electrons. The molecule has 3 aliphatic rings. The summed E-state index contributed by atoms with van der Waals surface area (Å²) in [6.07, 6.45) is 9.36. The second kappa shape index (κ2) is 5.40. The number of hydrogen-bond donors (Lipinski definition) is 1. The van der Waals surface area contributed by atoms with E-state index in [9.17, 15) is 4.79 Å². The van der Waals surface area contributed by atoms with Crippen LogP contribution in [0.25, 0.3) is 0 Å². The lowest BCUT2D eigenvalue weighted by molar-refractivity contribution is 0.0683. The van der Waals surface area contributed by atoms with Gasteiger partial charge < -0.3 is 10.2 Å². The molecule has 1 aromatic heterocycles. The highest BCUT2D eigenvalue weighted by Gasteiger charge is 2.37. The van der Waals surface area contributed by atoms with Gasteiger partial charge in [-0.3, -0.25) is 4.79 Å². The molecular weight excluding hydrogens is 266 g/mol. The number of rotatable bonds is 3. The Bertz CT molecular complexity index is 518. The normalized spacial score (nSPS) is 27.2. The molecule has 1 N–H and O–H groups in total. The van der Waals surface area contributed by atoms with Crippen molar-refractivity contribution in [2.24, 2.45) is 5.92 Å². The van der Waals surface area contributed by atoms with Crippen LogP contribution in [0.5, 0.6) is 0 Å². The summed E-state index contributed by atoms with van der Waals surface area (Å²) in [7, 11) is 0. The van der Waals surface area contributed by atoms with Crippen LogP contribution < -0.4 is 5.32 Å². The van der Waals surface area contributed by atoms with Crippen LogP contribution in [0, 0.1) is 5.92 Å². The van der Waals surface area contributed by atoms with Gasteiger partial charge in [0.05, 0.1) is 12.2 Å². The third-order valence-corrected chi connectivity index (χ3v) is 5.37. The number of likely N-dealkylation sites (tertiary alicyclic amines) is 1. The predicted octanol–water partition coefficient (Wildman–Crippen LogP) is 1.22. The van der Waals surface area contributed by atoms with Gasteiger partial charge in [-0.05, 0) is 31.6 Å². The fraction of sp³-hybridized carbons (Fsp3) is 0.800. The summed E-state index contributed by atoms with van der Waals surface area (Å²) in [6, 6.07) is 0.804. The van der Waals surface area contributed by atoms with E-state index in [0.717, 1.165) is 32.5 Å². The van der Waals surface area contributed by atoms with Crippen LogP contribution in [0.1, 0.15) is 55.1 Å². The first-order chi connectivity index (χ1) is 10.3. The maximum atomic E-state index is 12.8. The number of aromatic nitrogens is 3. The molecule has 1 aliphatic carbocycles. The lowest BCUT2D eigenvalue weighted by Crippen LogP contribution is -2.43. The van der Waals surface area contributed by atoms with Crippen molar-refractivity contribution in [3.8, 4) is 0 Å². The molecule has 4 rings (SSSR count). The van der Waals surface area contributed by atoms with Crippen molar-refractivity contribution in [3.63, 3.8) is 0 Å².